The Kier molecular flexibility index (Phi) is 4.83. The number of benzene rings is 2. The summed E-state index contributed by atoms with van der Waals surface area (Å²) in [6.07, 6.45) is 0. The van der Waals surface area contributed by atoms with Crippen molar-refractivity contribution in [1.82, 2.24) is 0 Å². The van der Waals surface area contributed by atoms with Gasteiger partial charge in [-0.05, 0) is 74.7 Å². The van der Waals surface area contributed by atoms with Gasteiger partial charge in [0.25, 0.3) is 5.91 Å². The molecule has 2 N–H and O–H groups in total. The number of amides is 1. The van der Waals surface area contributed by atoms with Gasteiger partial charge < -0.3 is 10.6 Å². The Balaban J connectivity index is 2.26. The Morgan fingerprint density at radius 1 is 1.10 bits per heavy atom. The van der Waals surface area contributed by atoms with Crippen molar-refractivity contribution in [2.24, 2.45) is 0 Å². The summed E-state index contributed by atoms with van der Waals surface area (Å²) in [5.41, 5.74) is 3.41. The molecule has 0 aliphatic heterocycles. The average Bonchev–Trinajstić information content (AvgIpc) is 2.42. The van der Waals surface area contributed by atoms with E-state index >= 15 is 0 Å². The molecule has 0 aliphatic carbocycles. The standard InChI is InChI=1S/C15H14Br2N2O/c1-9-8-10(6-7-13(9)18-2)15(20)19-14-11(16)4-3-5-12(14)17/h3-8,18H,1-2H3,(H,19,20). The van der Waals surface area contributed by atoms with Gasteiger partial charge in [-0.2, -0.15) is 0 Å². The van der Waals surface area contributed by atoms with E-state index in [9.17, 15) is 4.79 Å². The third-order valence-corrected chi connectivity index (χ3v) is 4.28. The number of carbonyl (C=O) groups excluding carboxylic acids is 1. The summed E-state index contributed by atoms with van der Waals surface area (Å²) < 4.78 is 1.67. The van der Waals surface area contributed by atoms with Gasteiger partial charge in [-0.15, -0.1) is 0 Å². The molecule has 1 amide bonds. The van der Waals surface area contributed by atoms with Gasteiger partial charge in [-0.25, -0.2) is 0 Å². The van der Waals surface area contributed by atoms with Crippen molar-refractivity contribution in [3.8, 4) is 0 Å². The van der Waals surface area contributed by atoms with Crippen LogP contribution in [0.1, 0.15) is 15.9 Å². The number of nitrogens with one attached hydrogen (secondary N) is 2. The summed E-state index contributed by atoms with van der Waals surface area (Å²) in [4.78, 5) is 12.3. The van der Waals surface area contributed by atoms with E-state index < -0.39 is 0 Å². The molecule has 2 aromatic rings. The van der Waals surface area contributed by atoms with Crippen molar-refractivity contribution < 1.29 is 4.79 Å². The highest BCUT2D eigenvalue weighted by Crippen LogP contribution is 2.31. The molecule has 0 aromatic heterocycles. The van der Waals surface area contributed by atoms with E-state index in [-0.39, 0.29) is 5.91 Å². The number of hydrogen-bond donors (Lipinski definition) is 2. The van der Waals surface area contributed by atoms with Crippen molar-refractivity contribution >= 4 is 49.1 Å². The molecule has 0 bridgehead atoms. The van der Waals surface area contributed by atoms with E-state index in [4.69, 9.17) is 0 Å². The quantitative estimate of drug-likeness (QED) is 0.779. The first-order valence-corrected chi connectivity index (χ1v) is 7.65. The fourth-order valence-corrected chi connectivity index (χ4v) is 3.09. The zero-order valence-corrected chi connectivity index (χ0v) is 14.3. The van der Waals surface area contributed by atoms with E-state index in [1.807, 2.05) is 44.3 Å². The summed E-state index contributed by atoms with van der Waals surface area (Å²) in [7, 11) is 1.86. The van der Waals surface area contributed by atoms with Gasteiger partial charge in [0.15, 0.2) is 0 Å². The molecule has 0 heterocycles. The zero-order chi connectivity index (χ0) is 14.7. The molecular weight excluding hydrogens is 384 g/mol. The summed E-state index contributed by atoms with van der Waals surface area (Å²) >= 11 is 6.86. The summed E-state index contributed by atoms with van der Waals surface area (Å²) in [5, 5.41) is 5.99. The van der Waals surface area contributed by atoms with Crippen LogP contribution in [-0.4, -0.2) is 13.0 Å². The van der Waals surface area contributed by atoms with Gasteiger partial charge in [0.2, 0.25) is 0 Å². The second-order valence-electron chi connectivity index (χ2n) is 4.33. The van der Waals surface area contributed by atoms with E-state index in [0.29, 0.717) is 5.56 Å². The van der Waals surface area contributed by atoms with Gasteiger partial charge in [-0.3, -0.25) is 4.79 Å². The molecule has 0 radical (unpaired) electrons. The van der Waals surface area contributed by atoms with Crippen LogP contribution in [0.25, 0.3) is 0 Å². The summed E-state index contributed by atoms with van der Waals surface area (Å²) in [6, 6.07) is 11.2. The predicted molar refractivity (Wildman–Crippen MR) is 90.5 cm³/mol. The van der Waals surface area contributed by atoms with Crippen molar-refractivity contribution in [3.63, 3.8) is 0 Å². The first-order valence-electron chi connectivity index (χ1n) is 6.06. The highest BCUT2D eigenvalue weighted by molar-refractivity contribution is 9.11. The second kappa shape index (κ2) is 6.41. The molecule has 0 aliphatic rings. The van der Waals surface area contributed by atoms with Gasteiger partial charge in [0.05, 0.1) is 5.69 Å². The number of anilines is 2. The van der Waals surface area contributed by atoms with E-state index in [2.05, 4.69) is 42.5 Å². The second-order valence-corrected chi connectivity index (χ2v) is 6.04. The van der Waals surface area contributed by atoms with Crippen LogP contribution in [0.15, 0.2) is 45.3 Å². The molecule has 0 atom stereocenters. The minimum atomic E-state index is -0.136. The first-order chi connectivity index (χ1) is 9.52. The molecule has 2 rings (SSSR count). The molecule has 20 heavy (non-hydrogen) atoms. The minimum Gasteiger partial charge on any atom is -0.388 e. The molecule has 0 unspecified atom stereocenters. The number of aryl methyl sites for hydroxylation is 1. The average molecular weight is 398 g/mol. The Bertz CT molecular complexity index is 636. The molecule has 0 spiro atoms. The van der Waals surface area contributed by atoms with Crippen molar-refractivity contribution in [3.05, 3.63) is 56.5 Å². The van der Waals surface area contributed by atoms with Crippen molar-refractivity contribution in [2.75, 3.05) is 17.7 Å². The Labute approximate surface area is 135 Å². The molecule has 0 fully saturated rings. The van der Waals surface area contributed by atoms with Crippen molar-refractivity contribution in [1.29, 1.82) is 0 Å². The van der Waals surface area contributed by atoms with Crippen molar-refractivity contribution in [2.45, 2.75) is 6.92 Å². The maximum absolute atomic E-state index is 12.3. The lowest BCUT2D eigenvalue weighted by atomic mass is 10.1. The van der Waals surface area contributed by atoms with Crippen LogP contribution in [0.4, 0.5) is 11.4 Å². The van der Waals surface area contributed by atoms with Crippen LogP contribution in [0.2, 0.25) is 0 Å². The lowest BCUT2D eigenvalue weighted by molar-refractivity contribution is 0.102. The van der Waals surface area contributed by atoms with Crippen LogP contribution in [0, 0.1) is 6.92 Å². The Morgan fingerprint density at radius 3 is 2.30 bits per heavy atom. The first kappa shape index (κ1) is 15.1. The number of halogens is 2. The molecule has 104 valence electrons. The van der Waals surface area contributed by atoms with Crippen LogP contribution in [0.5, 0.6) is 0 Å². The monoisotopic (exact) mass is 396 g/mol. The summed E-state index contributed by atoms with van der Waals surface area (Å²) in [6.45, 7) is 1.97. The highest BCUT2D eigenvalue weighted by atomic mass is 79.9. The third-order valence-electron chi connectivity index (χ3n) is 2.96. The Hall–Kier alpha value is -1.33. The van der Waals surface area contributed by atoms with Crippen LogP contribution < -0.4 is 10.6 Å². The van der Waals surface area contributed by atoms with Gasteiger partial charge in [0.1, 0.15) is 0 Å². The number of hydrogen-bond acceptors (Lipinski definition) is 2. The maximum atomic E-state index is 12.3. The predicted octanol–water partition coefficient (Wildman–Crippen LogP) is 4.81. The fourth-order valence-electron chi connectivity index (χ4n) is 1.89. The lowest BCUT2D eigenvalue weighted by Gasteiger charge is -2.11. The molecule has 5 heteroatoms. The lowest BCUT2D eigenvalue weighted by Crippen LogP contribution is -2.13. The van der Waals surface area contributed by atoms with E-state index in [0.717, 1.165) is 25.9 Å². The zero-order valence-electron chi connectivity index (χ0n) is 11.1. The molecule has 3 nitrogen and oxygen atoms in total. The topological polar surface area (TPSA) is 41.1 Å². The van der Waals surface area contributed by atoms with E-state index in [1.165, 1.54) is 0 Å². The molecular formula is C15H14Br2N2O. The number of carbonyl (C=O) groups is 1. The molecule has 0 saturated heterocycles. The van der Waals surface area contributed by atoms with Gasteiger partial charge >= 0.3 is 0 Å². The number of rotatable bonds is 3. The fraction of sp³-hybridized carbons (Fsp3) is 0.133. The molecule has 0 saturated carbocycles. The largest absolute Gasteiger partial charge is 0.388 e. The summed E-state index contributed by atoms with van der Waals surface area (Å²) in [5.74, 6) is -0.136. The van der Waals surface area contributed by atoms with Crippen LogP contribution in [-0.2, 0) is 0 Å². The molecule has 2 aromatic carbocycles. The smallest absolute Gasteiger partial charge is 0.255 e. The Morgan fingerprint density at radius 2 is 1.75 bits per heavy atom. The third kappa shape index (κ3) is 3.22. The van der Waals surface area contributed by atoms with Gasteiger partial charge in [0, 0.05) is 27.2 Å². The SMILES string of the molecule is CNc1ccc(C(=O)Nc2c(Br)cccc2Br)cc1C. The highest BCUT2D eigenvalue weighted by Gasteiger charge is 2.11. The van der Waals surface area contributed by atoms with Gasteiger partial charge in [-0.1, -0.05) is 6.07 Å². The number of para-hydroxylation sites is 1. The van der Waals surface area contributed by atoms with Crippen LogP contribution in [0.3, 0.4) is 0 Å². The maximum Gasteiger partial charge on any atom is 0.255 e. The minimum absolute atomic E-state index is 0.136. The van der Waals surface area contributed by atoms with Crippen LogP contribution >= 0.6 is 31.9 Å². The van der Waals surface area contributed by atoms with E-state index in [1.54, 1.807) is 6.07 Å². The normalized spacial score (nSPS) is 10.2.